The zero-order valence-electron chi connectivity index (χ0n) is 13.7. The van der Waals surface area contributed by atoms with E-state index in [1.165, 1.54) is 19.9 Å². The first-order valence-electron chi connectivity index (χ1n) is 7.27. The Balaban J connectivity index is 3.15. The highest BCUT2D eigenvalue weighted by Crippen LogP contribution is 2.37. The van der Waals surface area contributed by atoms with Gasteiger partial charge in [-0.05, 0) is 37.3 Å². The van der Waals surface area contributed by atoms with E-state index >= 15 is 0 Å². The van der Waals surface area contributed by atoms with Crippen molar-refractivity contribution in [2.24, 2.45) is 5.73 Å². The average molecular weight is 356 g/mol. The van der Waals surface area contributed by atoms with E-state index in [4.69, 9.17) is 5.73 Å². The molecule has 10 heteroatoms. The Bertz CT molecular complexity index is 665. The molecule has 1 aromatic rings. The van der Waals surface area contributed by atoms with Crippen molar-refractivity contribution in [3.05, 3.63) is 37.4 Å². The van der Waals surface area contributed by atoms with Crippen LogP contribution in [0.1, 0.15) is 24.5 Å². The molecule has 0 unspecified atom stereocenters. The number of hydrogen-bond acceptors (Lipinski definition) is 7. The number of nitro benzene ring substituents is 2. The topological polar surface area (TPSA) is 141 Å². The molecule has 1 atom stereocenters. The van der Waals surface area contributed by atoms with Crippen molar-refractivity contribution in [2.45, 2.75) is 33.2 Å². The van der Waals surface area contributed by atoms with Gasteiger partial charge in [0.1, 0.15) is 11.3 Å². The molecule has 132 valence electrons. The van der Waals surface area contributed by atoms with Crippen LogP contribution in [-0.4, -0.2) is 33.3 Å². The Kier molecular flexibility index (Phi) is 7.11. The summed E-state index contributed by atoms with van der Waals surface area (Å²) in [5, 5.41) is 24.8. The average Bonchev–Trinajstić information content (AvgIpc) is 2.49. The minimum Gasteiger partial charge on any atom is -0.320 e. The molecule has 0 aliphatic heterocycles. The van der Waals surface area contributed by atoms with Crippen molar-refractivity contribution >= 4 is 34.7 Å². The number of anilines is 1. The number of nitrogens with zero attached hydrogens (tertiary/aromatic N) is 2. The zero-order chi connectivity index (χ0) is 18.4. The monoisotopic (exact) mass is 356 g/mol. The summed E-state index contributed by atoms with van der Waals surface area (Å²) in [5.41, 5.74) is 5.03. The lowest BCUT2D eigenvalue weighted by Crippen LogP contribution is -2.36. The third kappa shape index (κ3) is 4.65. The number of thioether (sulfide) groups is 1. The summed E-state index contributed by atoms with van der Waals surface area (Å²) in [6.07, 6.45) is 0.434. The van der Waals surface area contributed by atoms with Crippen molar-refractivity contribution in [3.63, 3.8) is 0 Å². The predicted molar refractivity (Wildman–Crippen MR) is 93.4 cm³/mol. The molecule has 3 N–H and O–H groups in total. The van der Waals surface area contributed by atoms with Crippen molar-refractivity contribution in [1.29, 1.82) is 0 Å². The quantitative estimate of drug-likeness (QED) is 0.414. The molecule has 0 aliphatic carbocycles. The maximum absolute atomic E-state index is 12.2. The van der Waals surface area contributed by atoms with Crippen LogP contribution in [0.25, 0.3) is 0 Å². The van der Waals surface area contributed by atoms with Crippen LogP contribution in [0.3, 0.4) is 0 Å². The molecule has 1 rings (SSSR count). The van der Waals surface area contributed by atoms with Crippen LogP contribution in [0.4, 0.5) is 17.1 Å². The number of benzene rings is 1. The Morgan fingerprint density at radius 1 is 1.33 bits per heavy atom. The van der Waals surface area contributed by atoms with Crippen LogP contribution in [0, 0.1) is 34.1 Å². The fraction of sp³-hybridized carbons (Fsp3) is 0.500. The number of carbonyl (C=O) groups is 1. The third-order valence-corrected chi connectivity index (χ3v) is 4.40. The van der Waals surface area contributed by atoms with Gasteiger partial charge < -0.3 is 11.1 Å². The second kappa shape index (κ2) is 8.60. The van der Waals surface area contributed by atoms with Gasteiger partial charge in [-0.25, -0.2) is 0 Å². The van der Waals surface area contributed by atoms with Crippen molar-refractivity contribution < 1.29 is 14.6 Å². The number of hydrogen-bond donors (Lipinski definition) is 2. The van der Waals surface area contributed by atoms with Crippen LogP contribution < -0.4 is 11.1 Å². The number of nitro groups is 2. The molecular weight excluding hydrogens is 336 g/mol. The van der Waals surface area contributed by atoms with E-state index in [9.17, 15) is 25.0 Å². The van der Waals surface area contributed by atoms with Crippen LogP contribution in [-0.2, 0) is 4.79 Å². The number of aryl methyl sites for hydroxylation is 1. The van der Waals surface area contributed by atoms with Crippen LogP contribution in [0.5, 0.6) is 0 Å². The van der Waals surface area contributed by atoms with Crippen molar-refractivity contribution in [1.82, 2.24) is 0 Å². The van der Waals surface area contributed by atoms with Crippen LogP contribution >= 0.6 is 11.8 Å². The number of rotatable bonds is 8. The van der Waals surface area contributed by atoms with Gasteiger partial charge in [0, 0.05) is 6.07 Å². The van der Waals surface area contributed by atoms with Crippen LogP contribution in [0.15, 0.2) is 6.07 Å². The van der Waals surface area contributed by atoms with E-state index < -0.39 is 27.5 Å². The highest BCUT2D eigenvalue weighted by Gasteiger charge is 2.29. The first-order valence-corrected chi connectivity index (χ1v) is 8.43. The molecule has 0 saturated heterocycles. The minimum absolute atomic E-state index is 0.0494. The number of carbonyl (C=O) groups excluding carboxylic acids is 1. The summed E-state index contributed by atoms with van der Waals surface area (Å²) in [6, 6.07) is 0.398. The highest BCUT2D eigenvalue weighted by atomic mass is 32.2. The molecule has 9 nitrogen and oxygen atoms in total. The molecule has 1 aromatic carbocycles. The van der Waals surface area contributed by atoms with E-state index in [2.05, 4.69) is 5.32 Å². The molecule has 0 radical (unpaired) electrons. The van der Waals surface area contributed by atoms with E-state index in [1.54, 1.807) is 11.8 Å². The maximum atomic E-state index is 12.2. The fourth-order valence-electron chi connectivity index (χ4n) is 2.16. The standard InChI is InChI=1S/C14H20N4O5S/c1-4-24-6-5-10(15)14(19)16-12-8(2)7-11(17(20)21)9(3)13(12)18(22)23/h7,10H,4-6,15H2,1-3H3,(H,16,19)/t10-/m0/s1. The Morgan fingerprint density at radius 2 is 1.96 bits per heavy atom. The fourth-order valence-corrected chi connectivity index (χ4v) is 2.87. The van der Waals surface area contributed by atoms with E-state index in [-0.39, 0.29) is 22.5 Å². The van der Waals surface area contributed by atoms with E-state index in [0.29, 0.717) is 12.2 Å². The minimum atomic E-state index is -0.807. The van der Waals surface area contributed by atoms with Gasteiger partial charge in [-0.3, -0.25) is 25.0 Å². The summed E-state index contributed by atoms with van der Waals surface area (Å²) in [7, 11) is 0. The summed E-state index contributed by atoms with van der Waals surface area (Å²) >= 11 is 1.64. The highest BCUT2D eigenvalue weighted by molar-refractivity contribution is 7.99. The summed E-state index contributed by atoms with van der Waals surface area (Å²) in [4.78, 5) is 33.1. The third-order valence-electron chi connectivity index (χ3n) is 3.47. The summed E-state index contributed by atoms with van der Waals surface area (Å²) in [5.74, 6) is 1.05. The Hall–Kier alpha value is -2.20. The van der Waals surface area contributed by atoms with Gasteiger partial charge in [0.05, 0.1) is 15.9 Å². The summed E-state index contributed by atoms with van der Waals surface area (Å²) < 4.78 is 0. The predicted octanol–water partition coefficient (Wildman–Crippen LogP) is 2.53. The summed E-state index contributed by atoms with van der Waals surface area (Å²) in [6.45, 7) is 4.74. The van der Waals surface area contributed by atoms with Crippen molar-refractivity contribution in [2.75, 3.05) is 16.8 Å². The molecule has 0 fully saturated rings. The molecule has 0 spiro atoms. The Morgan fingerprint density at radius 3 is 2.46 bits per heavy atom. The molecule has 0 aromatic heterocycles. The number of amides is 1. The molecule has 24 heavy (non-hydrogen) atoms. The zero-order valence-corrected chi connectivity index (χ0v) is 14.5. The van der Waals surface area contributed by atoms with Gasteiger partial charge in [0.15, 0.2) is 0 Å². The largest absolute Gasteiger partial charge is 0.320 e. The maximum Gasteiger partial charge on any atom is 0.302 e. The van der Waals surface area contributed by atoms with Crippen LogP contribution in [0.2, 0.25) is 0 Å². The molecule has 0 bridgehead atoms. The number of nitrogens with one attached hydrogen (secondary N) is 1. The molecular formula is C14H20N4O5S. The lowest BCUT2D eigenvalue weighted by atomic mass is 10.0. The lowest BCUT2D eigenvalue weighted by Gasteiger charge is -2.14. The first kappa shape index (κ1) is 19.8. The first-order chi connectivity index (χ1) is 11.2. The normalized spacial score (nSPS) is 11.8. The van der Waals surface area contributed by atoms with Gasteiger partial charge in [-0.1, -0.05) is 6.92 Å². The van der Waals surface area contributed by atoms with E-state index in [1.807, 2.05) is 6.92 Å². The smallest absolute Gasteiger partial charge is 0.302 e. The molecule has 0 aliphatic rings. The van der Waals surface area contributed by atoms with Crippen molar-refractivity contribution in [3.8, 4) is 0 Å². The SMILES string of the molecule is CCSCC[C@H](N)C(=O)Nc1c(C)cc([N+](=O)[O-])c(C)c1[N+](=O)[O-]. The second-order valence-corrected chi connectivity index (χ2v) is 6.55. The van der Waals surface area contributed by atoms with Gasteiger partial charge in [0.2, 0.25) is 5.91 Å². The number of nitrogens with two attached hydrogens (primary N) is 1. The molecule has 0 saturated carbocycles. The van der Waals surface area contributed by atoms with Gasteiger partial charge in [0.25, 0.3) is 5.69 Å². The molecule has 1 amide bonds. The Labute approximate surface area is 143 Å². The van der Waals surface area contributed by atoms with Gasteiger partial charge >= 0.3 is 5.69 Å². The van der Waals surface area contributed by atoms with E-state index in [0.717, 1.165) is 5.75 Å². The molecule has 0 heterocycles. The lowest BCUT2D eigenvalue weighted by molar-refractivity contribution is -0.394. The van der Waals surface area contributed by atoms with Gasteiger partial charge in [-0.2, -0.15) is 11.8 Å². The van der Waals surface area contributed by atoms with Gasteiger partial charge in [-0.15, -0.1) is 0 Å². The second-order valence-electron chi connectivity index (χ2n) is 5.16.